The molecule has 0 spiro atoms. The third-order valence-corrected chi connectivity index (χ3v) is 5.83. The number of nitrogens with zero attached hydrogens (tertiary/aromatic N) is 1. The SMILES string of the molecule is COC(=O)c1cc(NC(=O)C2CN(S(C)(=O)=O)c3cc(Cl)ccc3O2)ccc1Cl. The fourth-order valence-corrected chi connectivity index (χ4v) is 4.03. The standard InChI is InChI=1S/C18H16Cl2N2O6S/c1-27-18(24)12-8-11(4-5-13(12)20)21-17(23)16-9-22(29(2,25)26)14-7-10(19)3-6-15(14)28-16/h3-8,16H,9H2,1-2H3,(H,21,23). The average Bonchev–Trinajstić information content (AvgIpc) is 2.67. The van der Waals surface area contributed by atoms with Gasteiger partial charge in [-0.3, -0.25) is 9.10 Å². The minimum absolute atomic E-state index is 0.0780. The Kier molecular flexibility index (Phi) is 5.92. The van der Waals surface area contributed by atoms with Crippen LogP contribution >= 0.6 is 23.2 Å². The summed E-state index contributed by atoms with van der Waals surface area (Å²) in [5.41, 5.74) is 0.606. The molecule has 0 aromatic heterocycles. The van der Waals surface area contributed by atoms with Crippen molar-refractivity contribution in [2.75, 3.05) is 29.5 Å². The van der Waals surface area contributed by atoms with E-state index in [9.17, 15) is 18.0 Å². The van der Waals surface area contributed by atoms with Crippen LogP contribution < -0.4 is 14.4 Å². The molecule has 1 N–H and O–H groups in total. The van der Waals surface area contributed by atoms with Gasteiger partial charge in [0.2, 0.25) is 10.0 Å². The van der Waals surface area contributed by atoms with Crippen LogP contribution in [0.4, 0.5) is 11.4 Å². The number of fused-ring (bicyclic) bond motifs is 1. The van der Waals surface area contributed by atoms with Crippen LogP contribution in [0.5, 0.6) is 5.75 Å². The Morgan fingerprint density at radius 2 is 1.93 bits per heavy atom. The highest BCUT2D eigenvalue weighted by molar-refractivity contribution is 7.92. The summed E-state index contributed by atoms with van der Waals surface area (Å²) in [4.78, 5) is 24.5. The van der Waals surface area contributed by atoms with Crippen LogP contribution in [0, 0.1) is 0 Å². The zero-order chi connectivity index (χ0) is 21.3. The Morgan fingerprint density at radius 1 is 1.21 bits per heavy atom. The van der Waals surface area contributed by atoms with E-state index in [4.69, 9.17) is 27.9 Å². The summed E-state index contributed by atoms with van der Waals surface area (Å²) < 4.78 is 35.8. The lowest BCUT2D eigenvalue weighted by Crippen LogP contribution is -2.48. The number of esters is 1. The smallest absolute Gasteiger partial charge is 0.339 e. The molecule has 1 aliphatic heterocycles. The molecule has 1 amide bonds. The molecule has 0 bridgehead atoms. The van der Waals surface area contributed by atoms with Crippen molar-refractivity contribution in [1.29, 1.82) is 0 Å². The van der Waals surface area contributed by atoms with Crippen LogP contribution in [0.15, 0.2) is 36.4 Å². The number of carbonyl (C=O) groups excluding carboxylic acids is 2. The predicted molar refractivity (Wildman–Crippen MR) is 109 cm³/mol. The lowest BCUT2D eigenvalue weighted by atomic mass is 10.2. The Labute approximate surface area is 177 Å². The quantitative estimate of drug-likeness (QED) is 0.706. The number of methoxy groups -OCH3 is 1. The second kappa shape index (κ2) is 8.10. The average molecular weight is 459 g/mol. The van der Waals surface area contributed by atoms with Gasteiger partial charge in [0.05, 0.1) is 36.2 Å². The highest BCUT2D eigenvalue weighted by atomic mass is 35.5. The fraction of sp³-hybridized carbons (Fsp3) is 0.222. The first-order valence-electron chi connectivity index (χ1n) is 8.23. The van der Waals surface area contributed by atoms with Gasteiger partial charge in [0.15, 0.2) is 6.10 Å². The molecule has 11 heteroatoms. The van der Waals surface area contributed by atoms with Gasteiger partial charge >= 0.3 is 5.97 Å². The molecule has 8 nitrogen and oxygen atoms in total. The molecular formula is C18H16Cl2N2O6S. The first kappa shape index (κ1) is 21.2. The summed E-state index contributed by atoms with van der Waals surface area (Å²) in [6.07, 6.45) is -0.101. The molecule has 0 saturated heterocycles. The highest BCUT2D eigenvalue weighted by Gasteiger charge is 2.35. The third kappa shape index (κ3) is 4.58. The zero-order valence-electron chi connectivity index (χ0n) is 15.3. The molecule has 2 aromatic carbocycles. The molecule has 0 fully saturated rings. The van der Waals surface area contributed by atoms with Gasteiger partial charge in [-0.25, -0.2) is 13.2 Å². The van der Waals surface area contributed by atoms with E-state index in [1.807, 2.05) is 0 Å². The van der Waals surface area contributed by atoms with Gasteiger partial charge in [-0.15, -0.1) is 0 Å². The Balaban J connectivity index is 1.87. The molecule has 0 radical (unpaired) electrons. The van der Waals surface area contributed by atoms with E-state index in [0.29, 0.717) is 5.02 Å². The Hall–Kier alpha value is -2.49. The summed E-state index contributed by atoms with van der Waals surface area (Å²) in [5.74, 6) is -1.05. The maximum atomic E-state index is 12.7. The van der Waals surface area contributed by atoms with E-state index in [-0.39, 0.29) is 34.3 Å². The van der Waals surface area contributed by atoms with Gasteiger partial charge in [-0.05, 0) is 36.4 Å². The number of hydrogen-bond donors (Lipinski definition) is 1. The molecule has 1 heterocycles. The second-order valence-corrected chi connectivity index (χ2v) is 8.94. The lowest BCUT2D eigenvalue weighted by molar-refractivity contribution is -0.122. The molecule has 2 aromatic rings. The van der Waals surface area contributed by atoms with Gasteiger partial charge in [0, 0.05) is 10.7 Å². The van der Waals surface area contributed by atoms with E-state index in [2.05, 4.69) is 10.1 Å². The number of nitrogens with one attached hydrogen (secondary N) is 1. The Morgan fingerprint density at radius 3 is 2.59 bits per heavy atom. The van der Waals surface area contributed by atoms with Gasteiger partial charge in [-0.1, -0.05) is 23.2 Å². The first-order chi connectivity index (χ1) is 13.6. The number of amides is 1. The number of sulfonamides is 1. The molecule has 1 unspecified atom stereocenters. The lowest BCUT2D eigenvalue weighted by Gasteiger charge is -2.34. The third-order valence-electron chi connectivity index (χ3n) is 4.12. The van der Waals surface area contributed by atoms with E-state index in [1.54, 1.807) is 0 Å². The maximum Gasteiger partial charge on any atom is 0.339 e. The molecule has 3 rings (SSSR count). The van der Waals surface area contributed by atoms with Gasteiger partial charge in [0.1, 0.15) is 5.75 Å². The van der Waals surface area contributed by atoms with Crippen molar-refractivity contribution < 1.29 is 27.5 Å². The molecule has 154 valence electrons. The molecule has 1 atom stereocenters. The number of anilines is 2. The summed E-state index contributed by atoms with van der Waals surface area (Å²) in [6.45, 7) is -0.241. The van der Waals surface area contributed by atoms with Crippen molar-refractivity contribution in [2.45, 2.75) is 6.10 Å². The van der Waals surface area contributed by atoms with Crippen molar-refractivity contribution in [3.63, 3.8) is 0 Å². The topological polar surface area (TPSA) is 102 Å². The normalized spacial score (nSPS) is 15.9. The summed E-state index contributed by atoms with van der Waals surface area (Å²) in [5, 5.41) is 3.09. The van der Waals surface area contributed by atoms with Crippen molar-refractivity contribution in [3.05, 3.63) is 52.0 Å². The van der Waals surface area contributed by atoms with E-state index < -0.39 is 28.0 Å². The summed E-state index contributed by atoms with van der Waals surface area (Å²) >= 11 is 11.9. The monoisotopic (exact) mass is 458 g/mol. The molecule has 0 aliphatic carbocycles. The van der Waals surface area contributed by atoms with Crippen LogP contribution in [0.1, 0.15) is 10.4 Å². The number of benzene rings is 2. The number of rotatable bonds is 4. The van der Waals surface area contributed by atoms with Crippen LogP contribution in [0.25, 0.3) is 0 Å². The highest BCUT2D eigenvalue weighted by Crippen LogP contribution is 2.37. The van der Waals surface area contributed by atoms with Crippen LogP contribution in [0.3, 0.4) is 0 Å². The predicted octanol–water partition coefficient (Wildman–Crippen LogP) is 2.95. The molecule has 29 heavy (non-hydrogen) atoms. The molecule has 0 saturated carbocycles. The largest absolute Gasteiger partial charge is 0.476 e. The van der Waals surface area contributed by atoms with Gasteiger partial charge in [-0.2, -0.15) is 0 Å². The second-order valence-electron chi connectivity index (χ2n) is 6.19. The minimum Gasteiger partial charge on any atom is -0.476 e. The van der Waals surface area contributed by atoms with Crippen molar-refractivity contribution in [1.82, 2.24) is 0 Å². The number of carbonyl (C=O) groups is 2. The van der Waals surface area contributed by atoms with E-state index >= 15 is 0 Å². The summed E-state index contributed by atoms with van der Waals surface area (Å²) in [6, 6.07) is 8.77. The van der Waals surface area contributed by atoms with E-state index in [0.717, 1.165) is 10.6 Å². The number of halogens is 2. The van der Waals surface area contributed by atoms with Crippen LogP contribution in [0.2, 0.25) is 10.0 Å². The maximum absolute atomic E-state index is 12.7. The Bertz CT molecular complexity index is 1090. The molecular weight excluding hydrogens is 443 g/mol. The van der Waals surface area contributed by atoms with Crippen molar-refractivity contribution in [3.8, 4) is 5.75 Å². The number of ether oxygens (including phenoxy) is 2. The van der Waals surface area contributed by atoms with Crippen molar-refractivity contribution >= 4 is 56.5 Å². The van der Waals surface area contributed by atoms with Crippen LogP contribution in [-0.4, -0.2) is 46.3 Å². The van der Waals surface area contributed by atoms with Gasteiger partial charge < -0.3 is 14.8 Å². The zero-order valence-corrected chi connectivity index (χ0v) is 17.6. The van der Waals surface area contributed by atoms with E-state index in [1.165, 1.54) is 43.5 Å². The fourth-order valence-electron chi connectivity index (χ4n) is 2.77. The summed E-state index contributed by atoms with van der Waals surface area (Å²) in [7, 11) is -2.47. The number of hydrogen-bond acceptors (Lipinski definition) is 6. The molecule has 1 aliphatic rings. The first-order valence-corrected chi connectivity index (χ1v) is 10.8. The van der Waals surface area contributed by atoms with Crippen LogP contribution in [-0.2, 0) is 19.6 Å². The van der Waals surface area contributed by atoms with Crippen molar-refractivity contribution in [2.24, 2.45) is 0 Å². The minimum atomic E-state index is -3.69. The van der Waals surface area contributed by atoms with Gasteiger partial charge in [0.25, 0.3) is 5.91 Å².